The van der Waals surface area contributed by atoms with Crippen molar-refractivity contribution < 1.29 is 13.2 Å². The van der Waals surface area contributed by atoms with Gasteiger partial charge in [0.15, 0.2) is 0 Å². The predicted molar refractivity (Wildman–Crippen MR) is 106 cm³/mol. The number of nitrogens with zero attached hydrogens (tertiary/aromatic N) is 1. The van der Waals surface area contributed by atoms with Crippen LogP contribution in [0.2, 0.25) is 0 Å². The fourth-order valence-electron chi connectivity index (χ4n) is 2.38. The molecule has 1 N–H and O–H groups in total. The number of hydrogen-bond donors (Lipinski definition) is 1. The lowest BCUT2D eigenvalue weighted by Crippen LogP contribution is -2.28. The standard InChI is InChI=1S/C19H24N2O3S2/c1-15(17-9-5-4-6-10-17)20-19(22)14-25-13-16-8-7-11-18(12-16)26(23,24)21(2)3/h4-12,15H,13-14H2,1-3H3,(H,20,22). The number of hydrogen-bond acceptors (Lipinski definition) is 4. The van der Waals surface area contributed by atoms with Crippen LogP contribution in [0.25, 0.3) is 0 Å². The summed E-state index contributed by atoms with van der Waals surface area (Å²) in [7, 11) is -0.425. The molecule has 1 amide bonds. The van der Waals surface area contributed by atoms with Crippen molar-refractivity contribution in [3.8, 4) is 0 Å². The molecule has 0 saturated heterocycles. The Bertz CT molecular complexity index is 837. The Morgan fingerprint density at radius 1 is 1.12 bits per heavy atom. The Morgan fingerprint density at radius 2 is 1.81 bits per heavy atom. The van der Waals surface area contributed by atoms with E-state index < -0.39 is 10.0 Å². The average molecular weight is 393 g/mol. The molecule has 26 heavy (non-hydrogen) atoms. The maximum atomic E-state index is 12.2. The van der Waals surface area contributed by atoms with E-state index in [1.54, 1.807) is 18.2 Å². The first-order chi connectivity index (χ1) is 12.3. The molecule has 2 aromatic carbocycles. The van der Waals surface area contributed by atoms with Crippen LogP contribution in [0.4, 0.5) is 0 Å². The number of benzene rings is 2. The van der Waals surface area contributed by atoms with Crippen molar-refractivity contribution in [1.82, 2.24) is 9.62 Å². The molecule has 140 valence electrons. The molecule has 2 aromatic rings. The van der Waals surface area contributed by atoms with E-state index in [1.165, 1.54) is 30.2 Å². The van der Waals surface area contributed by atoms with Crippen LogP contribution in [0.15, 0.2) is 59.5 Å². The monoisotopic (exact) mass is 392 g/mol. The maximum Gasteiger partial charge on any atom is 0.242 e. The average Bonchev–Trinajstić information content (AvgIpc) is 2.62. The van der Waals surface area contributed by atoms with Crippen molar-refractivity contribution in [1.29, 1.82) is 0 Å². The minimum Gasteiger partial charge on any atom is -0.349 e. The molecular formula is C19H24N2O3S2. The molecule has 0 aromatic heterocycles. The molecule has 7 heteroatoms. The van der Waals surface area contributed by atoms with Crippen LogP contribution < -0.4 is 5.32 Å². The summed E-state index contributed by atoms with van der Waals surface area (Å²) in [5.74, 6) is 0.856. The van der Waals surface area contributed by atoms with Gasteiger partial charge < -0.3 is 5.32 Å². The summed E-state index contributed by atoms with van der Waals surface area (Å²) in [6.07, 6.45) is 0. The van der Waals surface area contributed by atoms with E-state index in [9.17, 15) is 13.2 Å². The van der Waals surface area contributed by atoms with Gasteiger partial charge in [0.25, 0.3) is 0 Å². The Kier molecular flexibility index (Phi) is 7.25. The van der Waals surface area contributed by atoms with Crippen LogP contribution in [0.3, 0.4) is 0 Å². The minimum atomic E-state index is -3.44. The Hall–Kier alpha value is -1.83. The Morgan fingerprint density at radius 3 is 2.46 bits per heavy atom. The number of sulfonamides is 1. The number of amides is 1. The predicted octanol–water partition coefficient (Wildman–Crippen LogP) is 3.05. The van der Waals surface area contributed by atoms with Gasteiger partial charge in [-0.1, -0.05) is 42.5 Å². The smallest absolute Gasteiger partial charge is 0.242 e. The van der Waals surface area contributed by atoms with Gasteiger partial charge in [-0.05, 0) is 30.2 Å². The van der Waals surface area contributed by atoms with E-state index in [0.29, 0.717) is 11.5 Å². The fraction of sp³-hybridized carbons (Fsp3) is 0.316. The maximum absolute atomic E-state index is 12.2. The molecule has 1 atom stereocenters. The molecule has 0 aliphatic heterocycles. The summed E-state index contributed by atoms with van der Waals surface area (Å²) in [6, 6.07) is 16.6. The number of carbonyl (C=O) groups is 1. The van der Waals surface area contributed by atoms with Crippen molar-refractivity contribution in [3.05, 3.63) is 65.7 Å². The largest absolute Gasteiger partial charge is 0.349 e. The van der Waals surface area contributed by atoms with Gasteiger partial charge in [-0.3, -0.25) is 4.79 Å². The first kappa shape index (κ1) is 20.5. The van der Waals surface area contributed by atoms with E-state index >= 15 is 0 Å². The molecule has 2 rings (SSSR count). The summed E-state index contributed by atoms with van der Waals surface area (Å²) in [5.41, 5.74) is 1.94. The molecule has 0 aliphatic rings. The van der Waals surface area contributed by atoms with Crippen LogP contribution in [0.5, 0.6) is 0 Å². The molecule has 5 nitrogen and oxygen atoms in total. The summed E-state index contributed by atoms with van der Waals surface area (Å²) in [4.78, 5) is 12.4. The topological polar surface area (TPSA) is 66.5 Å². The quantitative estimate of drug-likeness (QED) is 0.750. The van der Waals surface area contributed by atoms with E-state index in [4.69, 9.17) is 0 Å². The zero-order chi connectivity index (χ0) is 19.2. The molecule has 0 heterocycles. The van der Waals surface area contributed by atoms with Gasteiger partial charge in [-0.15, -0.1) is 11.8 Å². The minimum absolute atomic E-state index is 0.0385. The highest BCUT2D eigenvalue weighted by Gasteiger charge is 2.17. The van der Waals surface area contributed by atoms with E-state index in [0.717, 1.165) is 11.1 Å². The Balaban J connectivity index is 1.87. The Labute approximate surface area is 159 Å². The van der Waals surface area contributed by atoms with Crippen LogP contribution in [-0.2, 0) is 20.6 Å². The molecule has 0 radical (unpaired) electrons. The van der Waals surface area contributed by atoms with Gasteiger partial charge >= 0.3 is 0 Å². The lowest BCUT2D eigenvalue weighted by atomic mass is 10.1. The third-order valence-electron chi connectivity index (χ3n) is 3.86. The first-order valence-corrected chi connectivity index (χ1v) is 10.8. The highest BCUT2D eigenvalue weighted by molar-refractivity contribution is 7.99. The molecule has 0 aliphatic carbocycles. The number of rotatable bonds is 8. The fourth-order valence-corrected chi connectivity index (χ4v) is 4.13. The normalized spacial score (nSPS) is 12.8. The second-order valence-electron chi connectivity index (χ2n) is 6.13. The van der Waals surface area contributed by atoms with Crippen LogP contribution >= 0.6 is 11.8 Å². The van der Waals surface area contributed by atoms with E-state index in [1.807, 2.05) is 43.3 Å². The van der Waals surface area contributed by atoms with Crippen molar-refractivity contribution >= 4 is 27.7 Å². The molecule has 0 spiro atoms. The number of thioether (sulfide) groups is 1. The van der Waals surface area contributed by atoms with Gasteiger partial charge in [0.1, 0.15) is 0 Å². The number of carbonyl (C=O) groups excluding carboxylic acids is 1. The van der Waals surface area contributed by atoms with Crippen LogP contribution in [0.1, 0.15) is 24.1 Å². The lowest BCUT2D eigenvalue weighted by Gasteiger charge is -2.14. The van der Waals surface area contributed by atoms with Crippen LogP contribution in [-0.4, -0.2) is 38.5 Å². The zero-order valence-electron chi connectivity index (χ0n) is 15.2. The molecular weight excluding hydrogens is 368 g/mol. The van der Waals surface area contributed by atoms with Crippen molar-refractivity contribution in [2.75, 3.05) is 19.8 Å². The molecule has 0 fully saturated rings. The first-order valence-electron chi connectivity index (χ1n) is 8.24. The second kappa shape index (κ2) is 9.21. The molecule has 0 bridgehead atoms. The van der Waals surface area contributed by atoms with E-state index in [-0.39, 0.29) is 16.8 Å². The van der Waals surface area contributed by atoms with Crippen molar-refractivity contribution in [2.45, 2.75) is 23.6 Å². The highest BCUT2D eigenvalue weighted by Crippen LogP contribution is 2.19. The summed E-state index contributed by atoms with van der Waals surface area (Å²) in [6.45, 7) is 1.95. The number of nitrogens with one attached hydrogen (secondary N) is 1. The van der Waals surface area contributed by atoms with Gasteiger partial charge in [0.2, 0.25) is 15.9 Å². The summed E-state index contributed by atoms with van der Waals surface area (Å²) in [5, 5.41) is 2.97. The molecule has 1 unspecified atom stereocenters. The molecule has 0 saturated carbocycles. The van der Waals surface area contributed by atoms with Gasteiger partial charge in [0.05, 0.1) is 16.7 Å². The summed E-state index contributed by atoms with van der Waals surface area (Å²) >= 11 is 1.46. The third kappa shape index (κ3) is 5.59. The van der Waals surface area contributed by atoms with Gasteiger partial charge in [-0.25, -0.2) is 12.7 Å². The third-order valence-corrected chi connectivity index (χ3v) is 6.67. The van der Waals surface area contributed by atoms with Crippen molar-refractivity contribution in [3.63, 3.8) is 0 Å². The summed E-state index contributed by atoms with van der Waals surface area (Å²) < 4.78 is 25.5. The second-order valence-corrected chi connectivity index (χ2v) is 9.26. The van der Waals surface area contributed by atoms with Crippen molar-refractivity contribution in [2.24, 2.45) is 0 Å². The van der Waals surface area contributed by atoms with Gasteiger partial charge in [-0.2, -0.15) is 0 Å². The van der Waals surface area contributed by atoms with Gasteiger partial charge in [0, 0.05) is 19.8 Å². The van der Waals surface area contributed by atoms with Crippen LogP contribution in [0, 0.1) is 0 Å². The lowest BCUT2D eigenvalue weighted by molar-refractivity contribution is -0.119. The zero-order valence-corrected chi connectivity index (χ0v) is 16.8. The SMILES string of the molecule is CC(NC(=O)CSCc1cccc(S(=O)(=O)N(C)C)c1)c1ccccc1. The van der Waals surface area contributed by atoms with E-state index in [2.05, 4.69) is 5.32 Å². The highest BCUT2D eigenvalue weighted by atomic mass is 32.2.